The standard InChI is InChI=1S/C25H35N3O6/c1-15(2)10-21(24(31)27-18(13-29)11-16-8-9-26-23(16)30)28-25(32)34-14-17-12-20(17)19-6-4-5-7-22(19)33-3/h4-7,13,15-18,20-21H,8-12,14H2,1-3H3,(H,26,30)(H,27,31)(H,28,32)/t16-,17-,18+,20+,21+/m1/s1. The van der Waals surface area contributed by atoms with Gasteiger partial charge in [-0.2, -0.15) is 0 Å². The van der Waals surface area contributed by atoms with E-state index in [1.54, 1.807) is 7.11 Å². The topological polar surface area (TPSA) is 123 Å². The molecule has 186 valence electrons. The van der Waals surface area contributed by atoms with E-state index in [4.69, 9.17) is 9.47 Å². The van der Waals surface area contributed by atoms with Crippen LogP contribution >= 0.6 is 0 Å². The first-order valence-corrected chi connectivity index (χ1v) is 11.9. The first-order valence-electron chi connectivity index (χ1n) is 11.9. The summed E-state index contributed by atoms with van der Waals surface area (Å²) in [7, 11) is 1.64. The maximum absolute atomic E-state index is 12.8. The Morgan fingerprint density at radius 1 is 1.24 bits per heavy atom. The van der Waals surface area contributed by atoms with Gasteiger partial charge in [0, 0.05) is 18.4 Å². The third-order valence-corrected chi connectivity index (χ3v) is 6.40. The first-order chi connectivity index (χ1) is 16.3. The Kier molecular flexibility index (Phi) is 8.90. The Morgan fingerprint density at radius 2 is 2.00 bits per heavy atom. The molecule has 3 rings (SSSR count). The van der Waals surface area contributed by atoms with Crippen LogP contribution in [0.3, 0.4) is 0 Å². The van der Waals surface area contributed by atoms with Crippen molar-refractivity contribution in [3.8, 4) is 5.75 Å². The molecule has 1 aromatic rings. The summed E-state index contributed by atoms with van der Waals surface area (Å²) in [5.41, 5.74) is 1.10. The van der Waals surface area contributed by atoms with Gasteiger partial charge in [0.15, 0.2) is 0 Å². The summed E-state index contributed by atoms with van der Waals surface area (Å²) in [6.07, 6.45) is 2.15. The molecule has 0 spiro atoms. The van der Waals surface area contributed by atoms with E-state index in [2.05, 4.69) is 16.0 Å². The van der Waals surface area contributed by atoms with Crippen molar-refractivity contribution in [1.82, 2.24) is 16.0 Å². The zero-order valence-electron chi connectivity index (χ0n) is 20.0. The van der Waals surface area contributed by atoms with Crippen molar-refractivity contribution in [2.75, 3.05) is 20.3 Å². The highest BCUT2D eigenvalue weighted by Gasteiger charge is 2.41. The number of hydrogen-bond acceptors (Lipinski definition) is 6. The van der Waals surface area contributed by atoms with Crippen LogP contribution in [-0.4, -0.2) is 56.5 Å². The number of nitrogens with one attached hydrogen (secondary N) is 3. The number of carbonyl (C=O) groups is 4. The highest BCUT2D eigenvalue weighted by atomic mass is 16.5. The fraction of sp³-hybridized carbons (Fsp3) is 0.600. The molecule has 0 unspecified atom stereocenters. The average molecular weight is 474 g/mol. The first kappa shape index (κ1) is 25.5. The normalized spacial score (nSPS) is 22.9. The monoisotopic (exact) mass is 473 g/mol. The third-order valence-electron chi connectivity index (χ3n) is 6.40. The van der Waals surface area contributed by atoms with Gasteiger partial charge in [-0.05, 0) is 49.1 Å². The molecule has 9 nitrogen and oxygen atoms in total. The second kappa shape index (κ2) is 11.9. The van der Waals surface area contributed by atoms with E-state index in [1.165, 1.54) is 0 Å². The maximum atomic E-state index is 12.8. The summed E-state index contributed by atoms with van der Waals surface area (Å²) in [5.74, 6) is 0.577. The zero-order chi connectivity index (χ0) is 24.7. The summed E-state index contributed by atoms with van der Waals surface area (Å²) in [4.78, 5) is 48.6. The number of ether oxygens (including phenoxy) is 2. The summed E-state index contributed by atoms with van der Waals surface area (Å²) in [5, 5.41) is 8.05. The molecule has 5 atom stereocenters. The van der Waals surface area contributed by atoms with Gasteiger partial charge in [-0.25, -0.2) is 4.79 Å². The van der Waals surface area contributed by atoms with Crippen molar-refractivity contribution < 1.29 is 28.7 Å². The Bertz CT molecular complexity index is 889. The smallest absolute Gasteiger partial charge is 0.407 e. The summed E-state index contributed by atoms with van der Waals surface area (Å²) in [6.45, 7) is 4.70. The number of aldehydes is 1. The van der Waals surface area contributed by atoms with Crippen molar-refractivity contribution >= 4 is 24.2 Å². The van der Waals surface area contributed by atoms with E-state index in [9.17, 15) is 19.2 Å². The molecule has 34 heavy (non-hydrogen) atoms. The predicted molar refractivity (Wildman–Crippen MR) is 125 cm³/mol. The molecule has 1 heterocycles. The lowest BCUT2D eigenvalue weighted by Gasteiger charge is -2.23. The molecular formula is C25H35N3O6. The lowest BCUT2D eigenvalue weighted by atomic mass is 9.98. The number of para-hydroxylation sites is 1. The molecule has 9 heteroatoms. The second-order valence-electron chi connectivity index (χ2n) is 9.53. The molecule has 1 aliphatic carbocycles. The molecule has 2 aliphatic rings. The number of methoxy groups -OCH3 is 1. The van der Waals surface area contributed by atoms with Crippen LogP contribution in [0.5, 0.6) is 5.75 Å². The van der Waals surface area contributed by atoms with Crippen LogP contribution in [0, 0.1) is 17.8 Å². The molecular weight excluding hydrogens is 438 g/mol. The van der Waals surface area contributed by atoms with Gasteiger partial charge in [0.05, 0.1) is 19.8 Å². The van der Waals surface area contributed by atoms with Gasteiger partial charge < -0.3 is 30.2 Å². The van der Waals surface area contributed by atoms with E-state index < -0.39 is 24.1 Å². The number of hydrogen-bond donors (Lipinski definition) is 3. The summed E-state index contributed by atoms with van der Waals surface area (Å²) < 4.78 is 10.8. The fourth-order valence-corrected chi connectivity index (χ4v) is 4.46. The molecule has 1 aromatic carbocycles. The zero-order valence-corrected chi connectivity index (χ0v) is 20.0. The molecule has 0 radical (unpaired) electrons. The van der Waals surface area contributed by atoms with Crippen LogP contribution in [0.1, 0.15) is 51.0 Å². The van der Waals surface area contributed by atoms with Crippen molar-refractivity contribution in [3.05, 3.63) is 29.8 Å². The largest absolute Gasteiger partial charge is 0.496 e. The molecule has 1 saturated carbocycles. The lowest BCUT2D eigenvalue weighted by Crippen LogP contribution is -2.51. The number of benzene rings is 1. The Hall–Kier alpha value is -3.10. The van der Waals surface area contributed by atoms with Crippen LogP contribution in [0.15, 0.2) is 24.3 Å². The summed E-state index contributed by atoms with van der Waals surface area (Å²) in [6, 6.07) is 6.19. The Morgan fingerprint density at radius 3 is 2.65 bits per heavy atom. The van der Waals surface area contributed by atoms with Crippen molar-refractivity contribution in [2.24, 2.45) is 17.8 Å². The Labute approximate surface area is 200 Å². The predicted octanol–water partition coefficient (Wildman–Crippen LogP) is 2.15. The maximum Gasteiger partial charge on any atom is 0.407 e. The molecule has 1 aliphatic heterocycles. The molecule has 1 saturated heterocycles. The van der Waals surface area contributed by atoms with Crippen molar-refractivity contribution in [2.45, 2.75) is 57.5 Å². The van der Waals surface area contributed by atoms with Crippen molar-refractivity contribution in [1.29, 1.82) is 0 Å². The lowest BCUT2D eigenvalue weighted by molar-refractivity contribution is -0.127. The van der Waals surface area contributed by atoms with Gasteiger partial charge >= 0.3 is 6.09 Å². The molecule has 0 bridgehead atoms. The average Bonchev–Trinajstić information content (AvgIpc) is 3.49. The molecule has 3 N–H and O–H groups in total. The van der Waals surface area contributed by atoms with Crippen LogP contribution < -0.4 is 20.7 Å². The van der Waals surface area contributed by atoms with Crippen LogP contribution in [0.25, 0.3) is 0 Å². The SMILES string of the molecule is COc1ccccc1[C@H]1C[C@@H]1COC(=O)N[C@@H](CC(C)C)C(=O)N[C@H](C=O)C[C@H]1CCNC1=O. The number of carbonyl (C=O) groups excluding carboxylic acids is 4. The van der Waals surface area contributed by atoms with E-state index in [-0.39, 0.29) is 42.6 Å². The highest BCUT2D eigenvalue weighted by molar-refractivity contribution is 5.88. The second-order valence-corrected chi connectivity index (χ2v) is 9.53. The van der Waals surface area contributed by atoms with Gasteiger partial charge in [-0.1, -0.05) is 32.0 Å². The minimum absolute atomic E-state index is 0.104. The van der Waals surface area contributed by atoms with Crippen LogP contribution in [0.2, 0.25) is 0 Å². The molecule has 2 fully saturated rings. The quantitative estimate of drug-likeness (QED) is 0.400. The van der Waals surface area contributed by atoms with E-state index in [0.29, 0.717) is 25.7 Å². The number of amides is 3. The van der Waals surface area contributed by atoms with Crippen LogP contribution in [-0.2, 0) is 19.1 Å². The van der Waals surface area contributed by atoms with Crippen molar-refractivity contribution in [3.63, 3.8) is 0 Å². The van der Waals surface area contributed by atoms with Gasteiger partial charge in [-0.3, -0.25) is 9.59 Å². The van der Waals surface area contributed by atoms with Gasteiger partial charge in [0.25, 0.3) is 0 Å². The van der Waals surface area contributed by atoms with E-state index >= 15 is 0 Å². The third kappa shape index (κ3) is 6.95. The minimum Gasteiger partial charge on any atom is -0.496 e. The van der Waals surface area contributed by atoms with Crippen LogP contribution in [0.4, 0.5) is 4.79 Å². The van der Waals surface area contributed by atoms with E-state index in [1.807, 2.05) is 38.1 Å². The van der Waals surface area contributed by atoms with Gasteiger partial charge in [0.1, 0.15) is 18.1 Å². The number of rotatable bonds is 12. The van der Waals surface area contributed by atoms with E-state index in [0.717, 1.165) is 17.7 Å². The van der Waals surface area contributed by atoms with Gasteiger partial charge in [-0.15, -0.1) is 0 Å². The van der Waals surface area contributed by atoms with Gasteiger partial charge in [0.2, 0.25) is 11.8 Å². The number of alkyl carbamates (subject to hydrolysis) is 1. The Balaban J connectivity index is 1.49. The summed E-state index contributed by atoms with van der Waals surface area (Å²) >= 11 is 0. The highest BCUT2D eigenvalue weighted by Crippen LogP contribution is 2.50. The minimum atomic E-state index is -0.837. The fourth-order valence-electron chi connectivity index (χ4n) is 4.46. The molecule has 0 aromatic heterocycles. The molecule has 3 amide bonds.